The van der Waals surface area contributed by atoms with Crippen LogP contribution in [0.2, 0.25) is 0 Å². The Morgan fingerprint density at radius 2 is 1.75 bits per heavy atom. The smallest absolute Gasteiger partial charge is 0.165 e. The molecule has 106 valence electrons. The summed E-state index contributed by atoms with van der Waals surface area (Å²) in [5.74, 6) is -0.337. The minimum Gasteiger partial charge on any atom is -0.486 e. The van der Waals surface area contributed by atoms with Crippen molar-refractivity contribution in [3.8, 4) is 5.75 Å². The van der Waals surface area contributed by atoms with Gasteiger partial charge in [0.15, 0.2) is 11.6 Å². The Bertz CT molecular complexity index is 564. The second-order valence-corrected chi connectivity index (χ2v) is 4.63. The predicted molar refractivity (Wildman–Crippen MR) is 73.7 cm³/mol. The van der Waals surface area contributed by atoms with E-state index < -0.39 is 11.9 Å². The minimum absolute atomic E-state index is 0.00340. The summed E-state index contributed by atoms with van der Waals surface area (Å²) in [4.78, 5) is 0. The lowest BCUT2D eigenvalue weighted by Gasteiger charge is -2.10. The van der Waals surface area contributed by atoms with E-state index in [2.05, 4.69) is 0 Å². The first-order valence-corrected chi connectivity index (χ1v) is 6.39. The predicted octanol–water partition coefficient (Wildman–Crippen LogP) is 2.95. The fraction of sp³-hybridized carbons (Fsp3) is 0.250. The van der Waals surface area contributed by atoms with Crippen molar-refractivity contribution in [3.63, 3.8) is 0 Å². The molecule has 1 unspecified atom stereocenters. The minimum atomic E-state index is -0.704. The molecule has 0 aliphatic heterocycles. The highest BCUT2D eigenvalue weighted by Crippen LogP contribution is 2.22. The van der Waals surface area contributed by atoms with Gasteiger partial charge in [-0.25, -0.2) is 4.39 Å². The average molecular weight is 276 g/mol. The molecule has 2 aromatic rings. The van der Waals surface area contributed by atoms with Crippen molar-refractivity contribution < 1.29 is 19.3 Å². The van der Waals surface area contributed by atoms with Crippen molar-refractivity contribution in [3.05, 3.63) is 65.0 Å². The molecule has 0 saturated heterocycles. The first-order chi connectivity index (χ1) is 9.60. The van der Waals surface area contributed by atoms with Crippen molar-refractivity contribution >= 4 is 0 Å². The number of halogens is 1. The van der Waals surface area contributed by atoms with Gasteiger partial charge in [0, 0.05) is 0 Å². The zero-order valence-corrected chi connectivity index (χ0v) is 11.2. The second-order valence-electron chi connectivity index (χ2n) is 4.63. The summed E-state index contributed by atoms with van der Waals surface area (Å²) in [6.45, 7) is 1.82. The van der Waals surface area contributed by atoms with Gasteiger partial charge in [0.2, 0.25) is 0 Å². The Hall–Kier alpha value is -1.91. The van der Waals surface area contributed by atoms with Crippen molar-refractivity contribution in [2.24, 2.45) is 0 Å². The van der Waals surface area contributed by atoms with E-state index in [9.17, 15) is 9.50 Å². The van der Waals surface area contributed by atoms with Crippen LogP contribution < -0.4 is 4.74 Å². The van der Waals surface area contributed by atoms with Crippen LogP contribution >= 0.6 is 0 Å². The Balaban J connectivity index is 2.03. The molecule has 1 atom stereocenters. The van der Waals surface area contributed by atoms with Crippen LogP contribution in [0.4, 0.5) is 4.39 Å². The van der Waals surface area contributed by atoms with Crippen LogP contribution in [0.5, 0.6) is 5.75 Å². The van der Waals surface area contributed by atoms with E-state index >= 15 is 0 Å². The summed E-state index contributed by atoms with van der Waals surface area (Å²) in [7, 11) is 0. The van der Waals surface area contributed by atoms with Crippen molar-refractivity contribution in [2.75, 3.05) is 0 Å². The topological polar surface area (TPSA) is 49.7 Å². The lowest BCUT2D eigenvalue weighted by atomic mass is 10.1. The van der Waals surface area contributed by atoms with Gasteiger partial charge in [0.05, 0.1) is 12.7 Å². The Kier molecular flexibility index (Phi) is 4.71. The second kappa shape index (κ2) is 6.50. The summed E-state index contributed by atoms with van der Waals surface area (Å²) >= 11 is 0. The van der Waals surface area contributed by atoms with Crippen LogP contribution in [0.25, 0.3) is 0 Å². The fourth-order valence-electron chi connectivity index (χ4n) is 1.80. The highest BCUT2D eigenvalue weighted by molar-refractivity contribution is 5.31. The maximum atomic E-state index is 13.8. The molecule has 0 aliphatic carbocycles. The van der Waals surface area contributed by atoms with Crippen LogP contribution in [0.15, 0.2) is 42.5 Å². The third-order valence-corrected chi connectivity index (χ3v) is 3.04. The van der Waals surface area contributed by atoms with Crippen LogP contribution in [0, 0.1) is 5.82 Å². The molecule has 4 heteroatoms. The Morgan fingerprint density at radius 1 is 1.10 bits per heavy atom. The molecule has 0 amide bonds. The molecule has 0 aliphatic rings. The number of benzene rings is 2. The molecular weight excluding hydrogens is 259 g/mol. The number of hydrogen-bond acceptors (Lipinski definition) is 3. The molecule has 2 rings (SSSR count). The van der Waals surface area contributed by atoms with E-state index in [1.54, 1.807) is 25.1 Å². The number of aliphatic hydroxyl groups excluding tert-OH is 2. The highest BCUT2D eigenvalue weighted by Gasteiger charge is 2.08. The van der Waals surface area contributed by atoms with E-state index in [4.69, 9.17) is 9.84 Å². The van der Waals surface area contributed by atoms with Crippen molar-refractivity contribution in [1.29, 1.82) is 0 Å². The average Bonchev–Trinajstić information content (AvgIpc) is 2.46. The Morgan fingerprint density at radius 3 is 2.30 bits per heavy atom. The van der Waals surface area contributed by atoms with Gasteiger partial charge >= 0.3 is 0 Å². The van der Waals surface area contributed by atoms with Crippen LogP contribution in [-0.2, 0) is 13.2 Å². The first kappa shape index (κ1) is 14.5. The first-order valence-electron chi connectivity index (χ1n) is 6.39. The van der Waals surface area contributed by atoms with Gasteiger partial charge in [-0.1, -0.05) is 30.3 Å². The molecule has 0 heterocycles. The zero-order valence-electron chi connectivity index (χ0n) is 11.2. The van der Waals surface area contributed by atoms with E-state index in [-0.39, 0.29) is 19.0 Å². The van der Waals surface area contributed by atoms with E-state index in [1.807, 2.05) is 12.1 Å². The van der Waals surface area contributed by atoms with E-state index in [1.165, 1.54) is 12.1 Å². The molecule has 0 bridgehead atoms. The fourth-order valence-corrected chi connectivity index (χ4v) is 1.80. The molecule has 20 heavy (non-hydrogen) atoms. The van der Waals surface area contributed by atoms with Gasteiger partial charge in [0.1, 0.15) is 6.61 Å². The monoisotopic (exact) mass is 276 g/mol. The van der Waals surface area contributed by atoms with Gasteiger partial charge in [-0.05, 0) is 35.7 Å². The van der Waals surface area contributed by atoms with Gasteiger partial charge in [-0.3, -0.25) is 0 Å². The zero-order chi connectivity index (χ0) is 14.5. The number of aliphatic hydroxyl groups is 2. The molecule has 0 spiro atoms. The molecule has 2 N–H and O–H groups in total. The van der Waals surface area contributed by atoms with Crippen molar-refractivity contribution in [2.45, 2.75) is 26.2 Å². The molecular formula is C16H17FO3. The van der Waals surface area contributed by atoms with E-state index in [0.29, 0.717) is 5.56 Å². The summed E-state index contributed by atoms with van der Waals surface area (Å²) in [6, 6.07) is 11.7. The lowest BCUT2D eigenvalue weighted by Crippen LogP contribution is -1.99. The molecule has 0 radical (unpaired) electrons. The van der Waals surface area contributed by atoms with Gasteiger partial charge < -0.3 is 14.9 Å². The van der Waals surface area contributed by atoms with Gasteiger partial charge in [0.25, 0.3) is 0 Å². The third kappa shape index (κ3) is 3.56. The largest absolute Gasteiger partial charge is 0.486 e. The van der Waals surface area contributed by atoms with Crippen LogP contribution in [0.1, 0.15) is 29.7 Å². The summed E-state index contributed by atoms with van der Waals surface area (Å²) < 4.78 is 19.2. The van der Waals surface area contributed by atoms with E-state index in [0.717, 1.165) is 11.1 Å². The summed E-state index contributed by atoms with van der Waals surface area (Å²) in [6.07, 6.45) is -0.704. The SMILES string of the molecule is CC(O)c1ccc(OCc2ccc(CO)cc2)c(F)c1. The maximum Gasteiger partial charge on any atom is 0.165 e. The van der Waals surface area contributed by atoms with Gasteiger partial charge in [-0.2, -0.15) is 0 Å². The normalized spacial score (nSPS) is 12.2. The molecule has 0 saturated carbocycles. The molecule has 3 nitrogen and oxygen atoms in total. The molecule has 0 aromatic heterocycles. The molecule has 2 aromatic carbocycles. The highest BCUT2D eigenvalue weighted by atomic mass is 19.1. The Labute approximate surface area is 117 Å². The van der Waals surface area contributed by atoms with Gasteiger partial charge in [-0.15, -0.1) is 0 Å². The van der Waals surface area contributed by atoms with Crippen LogP contribution in [-0.4, -0.2) is 10.2 Å². The lowest BCUT2D eigenvalue weighted by molar-refractivity contribution is 0.198. The third-order valence-electron chi connectivity index (χ3n) is 3.04. The summed E-state index contributed by atoms with van der Waals surface area (Å²) in [5, 5.41) is 18.3. The standard InChI is InChI=1S/C16H17FO3/c1-11(19)14-6-7-16(15(17)8-14)20-10-13-4-2-12(9-18)3-5-13/h2-8,11,18-19H,9-10H2,1H3. The number of rotatable bonds is 5. The van der Waals surface area contributed by atoms with Crippen molar-refractivity contribution in [1.82, 2.24) is 0 Å². The number of hydrogen-bond donors (Lipinski definition) is 2. The molecule has 0 fully saturated rings. The quantitative estimate of drug-likeness (QED) is 0.882. The summed E-state index contributed by atoms with van der Waals surface area (Å²) in [5.41, 5.74) is 2.23. The maximum absolute atomic E-state index is 13.8. The van der Waals surface area contributed by atoms with Crippen LogP contribution in [0.3, 0.4) is 0 Å². The number of ether oxygens (including phenoxy) is 1.